The molecule has 4 aromatic rings. The Bertz CT molecular complexity index is 1320. The maximum atomic E-state index is 7.73. The molecule has 0 radical (unpaired) electrons. The summed E-state index contributed by atoms with van der Waals surface area (Å²) < 4.78 is 5.79. The maximum absolute atomic E-state index is 7.73. The molecular weight excluding hydrogens is 447 g/mol. The van der Waals surface area contributed by atoms with Gasteiger partial charge >= 0.3 is 194 Å². The molecule has 1 aliphatic rings. The first-order valence-electron chi connectivity index (χ1n) is 11.2. The second-order valence-corrected chi connectivity index (χ2v) is 17.5. The van der Waals surface area contributed by atoms with Gasteiger partial charge in [-0.15, -0.1) is 0 Å². The summed E-state index contributed by atoms with van der Waals surface area (Å²) in [7, 11) is 0. The van der Waals surface area contributed by atoms with E-state index >= 15 is 0 Å². The minimum atomic E-state index is -3.35. The van der Waals surface area contributed by atoms with Crippen LogP contribution in [0.1, 0.15) is 31.9 Å². The van der Waals surface area contributed by atoms with E-state index in [0.29, 0.717) is 0 Å². The third-order valence-corrected chi connectivity index (χ3v) is 17.0. The second kappa shape index (κ2) is 7.50. The zero-order chi connectivity index (χ0) is 22.5. The van der Waals surface area contributed by atoms with E-state index in [2.05, 4.69) is 117 Å². The molecule has 0 aromatic heterocycles. The van der Waals surface area contributed by atoms with E-state index in [1.165, 1.54) is 35.4 Å². The van der Waals surface area contributed by atoms with Crippen molar-refractivity contribution in [2.75, 3.05) is 0 Å². The van der Waals surface area contributed by atoms with Crippen LogP contribution in [0.3, 0.4) is 0 Å². The number of fused-ring (bicyclic) bond motifs is 3. The summed E-state index contributed by atoms with van der Waals surface area (Å²) in [5.41, 5.74) is 6.25. The van der Waals surface area contributed by atoms with E-state index in [9.17, 15) is 0 Å². The molecule has 156 valence electrons. The summed E-state index contributed by atoms with van der Waals surface area (Å²) >= 11 is -3.35. The first kappa shape index (κ1) is 20.8. The Morgan fingerprint density at radius 3 is 1.81 bits per heavy atom. The van der Waals surface area contributed by atoms with Gasteiger partial charge in [-0.1, -0.05) is 0 Å². The first-order valence-corrected chi connectivity index (χ1v) is 15.4. The number of aryl methyl sites for hydroxylation is 1. The SMILES string of the molecule is [C-]#[N+]c1ccc2[c](c1)[Ge]([c]1ccccc1)([c]1ccccc1)[c]1c-2ccc(C)c1C(C)(C)C. The molecule has 4 aromatic carbocycles. The first-order chi connectivity index (χ1) is 15.4. The predicted molar refractivity (Wildman–Crippen MR) is 139 cm³/mol. The molecule has 0 atom stereocenters. The molecule has 0 saturated carbocycles. The molecule has 0 fully saturated rings. The van der Waals surface area contributed by atoms with Crippen LogP contribution >= 0.6 is 0 Å². The van der Waals surface area contributed by atoms with Crippen LogP contribution in [0.4, 0.5) is 5.69 Å². The molecule has 1 nitrogen and oxygen atoms in total. The average Bonchev–Trinajstić information content (AvgIpc) is 3.09. The van der Waals surface area contributed by atoms with Gasteiger partial charge in [0.25, 0.3) is 0 Å². The molecule has 0 spiro atoms. The molecule has 1 aliphatic heterocycles. The van der Waals surface area contributed by atoms with Crippen LogP contribution in [0.5, 0.6) is 0 Å². The number of rotatable bonds is 2. The normalized spacial score (nSPS) is 13.8. The molecule has 2 heteroatoms. The van der Waals surface area contributed by atoms with Crippen LogP contribution in [0.15, 0.2) is 91.0 Å². The van der Waals surface area contributed by atoms with Crippen LogP contribution in [0, 0.1) is 13.5 Å². The molecule has 32 heavy (non-hydrogen) atoms. The zero-order valence-electron chi connectivity index (χ0n) is 19.1. The molecule has 1 heterocycles. The topological polar surface area (TPSA) is 4.36 Å². The fourth-order valence-corrected chi connectivity index (χ4v) is 17.8. The summed E-state index contributed by atoms with van der Waals surface area (Å²) in [5.74, 6) is 0. The summed E-state index contributed by atoms with van der Waals surface area (Å²) in [4.78, 5) is 3.83. The monoisotopic (exact) mass is 475 g/mol. The van der Waals surface area contributed by atoms with Crippen molar-refractivity contribution < 1.29 is 0 Å². The fourth-order valence-electron chi connectivity index (χ4n) is 5.71. The average molecular weight is 474 g/mol. The molecule has 0 unspecified atom stereocenters. The Labute approximate surface area is 193 Å². The molecular formula is C30H27GeN. The van der Waals surface area contributed by atoms with Gasteiger partial charge in [-0.2, -0.15) is 0 Å². The fraction of sp³-hybridized carbons (Fsp3) is 0.167. The van der Waals surface area contributed by atoms with E-state index in [0.717, 1.165) is 5.69 Å². The molecule has 5 rings (SSSR count). The van der Waals surface area contributed by atoms with Crippen LogP contribution < -0.4 is 17.6 Å². The number of benzene rings is 4. The predicted octanol–water partition coefficient (Wildman–Crippen LogP) is 5.20. The molecule has 0 saturated heterocycles. The van der Waals surface area contributed by atoms with E-state index in [1.807, 2.05) is 6.07 Å². The van der Waals surface area contributed by atoms with Crippen LogP contribution in [0.2, 0.25) is 0 Å². The van der Waals surface area contributed by atoms with E-state index in [1.54, 1.807) is 4.40 Å². The van der Waals surface area contributed by atoms with Gasteiger partial charge in [0.2, 0.25) is 0 Å². The summed E-state index contributed by atoms with van der Waals surface area (Å²) in [6.45, 7) is 17.0. The third kappa shape index (κ3) is 2.90. The Balaban J connectivity index is 2.06. The summed E-state index contributed by atoms with van der Waals surface area (Å²) in [6.07, 6.45) is 0. The molecule has 0 N–H and O–H groups in total. The third-order valence-electron chi connectivity index (χ3n) is 6.78. The van der Waals surface area contributed by atoms with Crippen LogP contribution in [0.25, 0.3) is 16.0 Å². The van der Waals surface area contributed by atoms with E-state index in [4.69, 9.17) is 6.57 Å². The van der Waals surface area contributed by atoms with Gasteiger partial charge in [0.15, 0.2) is 0 Å². The van der Waals surface area contributed by atoms with Crippen molar-refractivity contribution in [1.29, 1.82) is 0 Å². The number of hydrogen-bond donors (Lipinski definition) is 0. The van der Waals surface area contributed by atoms with Crippen molar-refractivity contribution in [3.63, 3.8) is 0 Å². The quantitative estimate of drug-likeness (QED) is 0.245. The molecule has 0 bridgehead atoms. The van der Waals surface area contributed by atoms with Crippen molar-refractivity contribution in [3.8, 4) is 11.1 Å². The second-order valence-electron chi connectivity index (χ2n) is 9.75. The van der Waals surface area contributed by atoms with E-state index in [-0.39, 0.29) is 5.41 Å². The van der Waals surface area contributed by atoms with Crippen molar-refractivity contribution in [2.24, 2.45) is 0 Å². The van der Waals surface area contributed by atoms with Crippen molar-refractivity contribution >= 4 is 36.5 Å². The minimum absolute atomic E-state index is 0.0140. The van der Waals surface area contributed by atoms with Gasteiger partial charge in [-0.25, -0.2) is 0 Å². The number of nitrogens with zero attached hydrogens (tertiary/aromatic N) is 1. The van der Waals surface area contributed by atoms with Crippen molar-refractivity contribution in [3.05, 3.63) is 114 Å². The Hall–Kier alpha value is -3.09. The summed E-state index contributed by atoms with van der Waals surface area (Å²) in [5, 5.41) is 0. The zero-order valence-corrected chi connectivity index (χ0v) is 21.2. The Morgan fingerprint density at radius 1 is 0.719 bits per heavy atom. The standard InChI is InChI=1S/C30H27GeN/c1-21-16-18-26-25-19-17-24(32-5)20-27(25)31(22-12-8-6-9-13-22,23-14-10-7-11-15-23)29(26)28(21)30(2,3)4/h6-20H,1-4H3. The molecule has 0 aliphatic carbocycles. The van der Waals surface area contributed by atoms with Gasteiger partial charge in [0.1, 0.15) is 0 Å². The van der Waals surface area contributed by atoms with Crippen molar-refractivity contribution in [1.82, 2.24) is 0 Å². The van der Waals surface area contributed by atoms with E-state index < -0.39 is 13.3 Å². The van der Waals surface area contributed by atoms with Crippen LogP contribution in [-0.2, 0) is 5.41 Å². The van der Waals surface area contributed by atoms with Crippen LogP contribution in [-0.4, -0.2) is 13.3 Å². The van der Waals surface area contributed by atoms with Crippen molar-refractivity contribution in [2.45, 2.75) is 33.1 Å². The molecule has 0 amide bonds. The Morgan fingerprint density at radius 2 is 1.28 bits per heavy atom. The Kier molecular flexibility index (Phi) is 4.88. The van der Waals surface area contributed by atoms with Gasteiger partial charge in [-0.05, 0) is 0 Å². The van der Waals surface area contributed by atoms with Gasteiger partial charge < -0.3 is 0 Å². The van der Waals surface area contributed by atoms with Gasteiger partial charge in [-0.3, -0.25) is 0 Å². The summed E-state index contributed by atoms with van der Waals surface area (Å²) in [6, 6.07) is 33.2. The van der Waals surface area contributed by atoms with Gasteiger partial charge in [0.05, 0.1) is 0 Å². The van der Waals surface area contributed by atoms with Gasteiger partial charge in [0, 0.05) is 0 Å². The number of hydrogen-bond acceptors (Lipinski definition) is 0.